The molecule has 1 aliphatic rings. The summed E-state index contributed by atoms with van der Waals surface area (Å²) in [5.41, 5.74) is 7.88. The molecule has 1 amide bonds. The lowest BCUT2D eigenvalue weighted by Gasteiger charge is -2.31. The van der Waals surface area contributed by atoms with Gasteiger partial charge in [0.1, 0.15) is 11.5 Å². The number of methoxy groups -OCH3 is 2. The Labute approximate surface area is 251 Å². The molecule has 5 N–H and O–H groups in total. The van der Waals surface area contributed by atoms with E-state index in [9.17, 15) is 13.2 Å². The standard InChI is InChI=1S/C22H26N6O3S.C8H11NO2/c1-23-16-9-11-28(12-10-16)15-22(29)25-17-5-4-6-18(13-17)32(30,31)27-21-14-24-19-7-2-3-8-20(19)26-21;1-10-7-3-6(9)4-8(5-7)11-2/h2-8,13-14,16,23H,9-12,15H2,1H3,(H,25,29)(H,26,27);3-5H,9H2,1-2H3. The van der Waals surface area contributed by atoms with Crippen LogP contribution >= 0.6 is 0 Å². The van der Waals surface area contributed by atoms with Gasteiger partial charge in [-0.05, 0) is 50.2 Å². The Morgan fingerprint density at radius 3 is 2.30 bits per heavy atom. The van der Waals surface area contributed by atoms with Gasteiger partial charge in [-0.2, -0.15) is 0 Å². The number of benzene rings is 3. The number of aromatic nitrogens is 2. The Morgan fingerprint density at radius 1 is 0.977 bits per heavy atom. The maximum atomic E-state index is 12.8. The molecule has 0 spiro atoms. The van der Waals surface area contributed by atoms with Gasteiger partial charge < -0.3 is 25.8 Å². The number of likely N-dealkylation sites (tertiary alicyclic amines) is 1. The van der Waals surface area contributed by atoms with E-state index in [1.54, 1.807) is 56.7 Å². The summed E-state index contributed by atoms with van der Waals surface area (Å²) in [6.45, 7) is 1.98. The van der Waals surface area contributed by atoms with Gasteiger partial charge in [0.25, 0.3) is 10.0 Å². The van der Waals surface area contributed by atoms with E-state index in [2.05, 4.69) is 30.2 Å². The largest absolute Gasteiger partial charge is 0.497 e. The van der Waals surface area contributed by atoms with Crippen molar-refractivity contribution in [2.75, 3.05) is 56.7 Å². The Balaban J connectivity index is 0.000000324. The molecule has 0 atom stereocenters. The van der Waals surface area contributed by atoms with E-state index < -0.39 is 10.0 Å². The fourth-order valence-electron chi connectivity index (χ4n) is 4.56. The number of piperidine rings is 1. The highest BCUT2D eigenvalue weighted by Gasteiger charge is 2.20. The summed E-state index contributed by atoms with van der Waals surface area (Å²) >= 11 is 0. The summed E-state index contributed by atoms with van der Waals surface area (Å²) in [6.07, 6.45) is 3.38. The number of rotatable bonds is 9. The van der Waals surface area contributed by atoms with Crippen molar-refractivity contribution in [1.82, 2.24) is 20.2 Å². The van der Waals surface area contributed by atoms with Gasteiger partial charge in [0, 0.05) is 48.7 Å². The summed E-state index contributed by atoms with van der Waals surface area (Å²) in [6, 6.07) is 19.1. The van der Waals surface area contributed by atoms with Crippen molar-refractivity contribution in [1.29, 1.82) is 0 Å². The minimum absolute atomic E-state index is 0.0279. The van der Waals surface area contributed by atoms with Crippen LogP contribution in [0.2, 0.25) is 0 Å². The van der Waals surface area contributed by atoms with E-state index in [0.717, 1.165) is 25.9 Å². The maximum Gasteiger partial charge on any atom is 0.263 e. The van der Waals surface area contributed by atoms with E-state index in [1.165, 1.54) is 18.3 Å². The van der Waals surface area contributed by atoms with Crippen LogP contribution in [-0.2, 0) is 14.8 Å². The minimum Gasteiger partial charge on any atom is -0.497 e. The molecule has 1 saturated heterocycles. The number of hydrogen-bond donors (Lipinski definition) is 4. The lowest BCUT2D eigenvalue weighted by Crippen LogP contribution is -2.44. The molecule has 0 aliphatic carbocycles. The van der Waals surface area contributed by atoms with Crippen molar-refractivity contribution in [2.45, 2.75) is 23.8 Å². The van der Waals surface area contributed by atoms with Crippen LogP contribution in [0.15, 0.2) is 77.8 Å². The molecule has 0 saturated carbocycles. The van der Waals surface area contributed by atoms with Crippen LogP contribution in [0.4, 0.5) is 17.2 Å². The van der Waals surface area contributed by atoms with Gasteiger partial charge in [-0.3, -0.25) is 19.4 Å². The number of fused-ring (bicyclic) bond motifs is 1. The topological polar surface area (TPSA) is 161 Å². The van der Waals surface area contributed by atoms with Crippen molar-refractivity contribution in [2.24, 2.45) is 0 Å². The Kier molecular flexibility index (Phi) is 10.7. The van der Waals surface area contributed by atoms with Gasteiger partial charge in [-0.1, -0.05) is 18.2 Å². The summed E-state index contributed by atoms with van der Waals surface area (Å²) in [5, 5.41) is 6.06. The summed E-state index contributed by atoms with van der Waals surface area (Å²) in [7, 11) is 1.24. The quantitative estimate of drug-likeness (QED) is 0.208. The Morgan fingerprint density at radius 2 is 1.65 bits per heavy atom. The van der Waals surface area contributed by atoms with Gasteiger partial charge in [-0.25, -0.2) is 13.4 Å². The van der Waals surface area contributed by atoms with E-state index >= 15 is 0 Å². The average Bonchev–Trinajstić information content (AvgIpc) is 3.01. The number of para-hydroxylation sites is 2. The molecule has 13 heteroatoms. The summed E-state index contributed by atoms with van der Waals surface area (Å²) < 4.78 is 38.1. The molecule has 3 aromatic carbocycles. The molecule has 43 heavy (non-hydrogen) atoms. The first kappa shape index (κ1) is 31.5. The van der Waals surface area contributed by atoms with Crippen LogP contribution in [0.3, 0.4) is 0 Å². The zero-order valence-corrected chi connectivity index (χ0v) is 25.2. The van der Waals surface area contributed by atoms with Crippen molar-refractivity contribution in [3.63, 3.8) is 0 Å². The number of nitrogens with zero attached hydrogens (tertiary/aromatic N) is 3. The lowest BCUT2D eigenvalue weighted by atomic mass is 10.1. The minimum atomic E-state index is -3.90. The van der Waals surface area contributed by atoms with Crippen LogP contribution in [0.1, 0.15) is 12.8 Å². The number of sulfonamides is 1. The second kappa shape index (κ2) is 14.6. The molecule has 4 aromatic rings. The molecule has 1 fully saturated rings. The van der Waals surface area contributed by atoms with E-state index in [0.29, 0.717) is 39.9 Å². The predicted octanol–water partition coefficient (Wildman–Crippen LogP) is 3.34. The van der Waals surface area contributed by atoms with Gasteiger partial charge in [0.2, 0.25) is 5.91 Å². The van der Waals surface area contributed by atoms with Crippen LogP contribution in [0.25, 0.3) is 11.0 Å². The van der Waals surface area contributed by atoms with Crippen molar-refractivity contribution in [3.8, 4) is 11.5 Å². The molecule has 228 valence electrons. The monoisotopic (exact) mass is 607 g/mol. The highest BCUT2D eigenvalue weighted by Crippen LogP contribution is 2.23. The Bertz CT molecular complexity index is 1620. The van der Waals surface area contributed by atoms with Crippen molar-refractivity contribution in [3.05, 3.63) is 72.9 Å². The molecule has 0 unspecified atom stereocenters. The number of amides is 1. The molecule has 12 nitrogen and oxygen atoms in total. The maximum absolute atomic E-state index is 12.8. The van der Waals surface area contributed by atoms with Gasteiger partial charge in [-0.15, -0.1) is 0 Å². The Hall–Kier alpha value is -4.46. The van der Waals surface area contributed by atoms with Gasteiger partial charge in [0.15, 0.2) is 5.82 Å². The molecule has 2 heterocycles. The van der Waals surface area contributed by atoms with E-state index in [1.807, 2.05) is 19.2 Å². The van der Waals surface area contributed by atoms with Crippen LogP contribution in [0.5, 0.6) is 11.5 Å². The fraction of sp³-hybridized carbons (Fsp3) is 0.300. The zero-order valence-electron chi connectivity index (χ0n) is 24.4. The summed E-state index contributed by atoms with van der Waals surface area (Å²) in [5.74, 6) is 1.38. The summed E-state index contributed by atoms with van der Waals surface area (Å²) in [4.78, 5) is 23.1. The van der Waals surface area contributed by atoms with Gasteiger partial charge in [0.05, 0.1) is 42.9 Å². The average molecular weight is 608 g/mol. The molecule has 0 bridgehead atoms. The second-order valence-electron chi connectivity index (χ2n) is 9.91. The predicted molar refractivity (Wildman–Crippen MR) is 168 cm³/mol. The number of nitrogens with one attached hydrogen (secondary N) is 3. The van der Waals surface area contributed by atoms with Crippen LogP contribution in [-0.4, -0.2) is 76.1 Å². The van der Waals surface area contributed by atoms with Crippen molar-refractivity contribution >= 4 is 44.2 Å². The van der Waals surface area contributed by atoms with E-state index in [4.69, 9.17) is 15.2 Å². The normalized spacial score (nSPS) is 13.9. The fourth-order valence-corrected chi connectivity index (χ4v) is 5.59. The number of carbonyl (C=O) groups is 1. The van der Waals surface area contributed by atoms with Crippen LogP contribution in [0, 0.1) is 0 Å². The number of ether oxygens (including phenoxy) is 2. The molecular formula is C30H37N7O5S. The molecule has 5 rings (SSSR count). The first-order valence-corrected chi connectivity index (χ1v) is 15.2. The SMILES string of the molecule is CNC1CCN(CC(=O)Nc2cccc(S(=O)(=O)Nc3cnc4ccccc4n3)c2)CC1.COc1cc(N)cc(OC)c1. The lowest BCUT2D eigenvalue weighted by molar-refractivity contribution is -0.117. The third-order valence-electron chi connectivity index (χ3n) is 6.85. The number of anilines is 3. The second-order valence-corrected chi connectivity index (χ2v) is 11.6. The number of hydrogen-bond acceptors (Lipinski definition) is 10. The molecule has 1 aromatic heterocycles. The van der Waals surface area contributed by atoms with Crippen LogP contribution < -0.4 is 30.6 Å². The van der Waals surface area contributed by atoms with Gasteiger partial charge >= 0.3 is 0 Å². The highest BCUT2D eigenvalue weighted by molar-refractivity contribution is 7.92. The third kappa shape index (κ3) is 9.01. The van der Waals surface area contributed by atoms with E-state index in [-0.39, 0.29) is 23.2 Å². The third-order valence-corrected chi connectivity index (χ3v) is 8.20. The first-order chi connectivity index (χ1) is 20.7. The number of nitrogens with two attached hydrogens (primary N) is 1. The van der Waals surface area contributed by atoms with Crippen molar-refractivity contribution < 1.29 is 22.7 Å². The highest BCUT2D eigenvalue weighted by atomic mass is 32.2. The first-order valence-electron chi connectivity index (χ1n) is 13.7. The molecular weight excluding hydrogens is 570 g/mol. The number of carbonyl (C=O) groups excluding carboxylic acids is 1. The number of nitrogen functional groups attached to an aromatic ring is 1. The smallest absolute Gasteiger partial charge is 0.263 e. The molecule has 1 aliphatic heterocycles. The zero-order chi connectivity index (χ0) is 30.8. The molecule has 0 radical (unpaired) electrons.